The predicted octanol–water partition coefficient (Wildman–Crippen LogP) is -3.89. The standard InChI is InChI=1S/C10H16N2O4.2C2H8N2.Cd/c1-6(13)10(5-11,7(2)14)12(8(3)15)9(4)16;2*3-1-2-4;/h5,11H2,1-4H3;2*1-4H2;/q;;;+2. The maximum absolute atomic E-state index is 12.3. The van der Waals surface area contributed by atoms with Crippen LogP contribution in [0.25, 0.3) is 0 Å². The van der Waals surface area contributed by atoms with Crippen molar-refractivity contribution in [3.8, 4) is 0 Å². The van der Waals surface area contributed by atoms with Crippen LogP contribution in [-0.4, -0.2) is 63.9 Å². The van der Waals surface area contributed by atoms with E-state index in [1.807, 2.05) is 3.13 Å². The van der Waals surface area contributed by atoms with Crippen LogP contribution >= 0.6 is 0 Å². The molecule has 0 saturated carbocycles. The number of ketones is 2. The average Bonchev–Trinajstić information content (AvgIpc) is 2.53. The Morgan fingerprint density at radius 2 is 1.24 bits per heavy atom. The van der Waals surface area contributed by atoms with E-state index < -0.39 is 56.0 Å². The third-order valence-electron chi connectivity index (χ3n) is 4.13. The molecule has 0 saturated heterocycles. The molecule has 0 fully saturated rings. The van der Waals surface area contributed by atoms with Gasteiger partial charge in [-0.05, 0) is 0 Å². The van der Waals surface area contributed by atoms with E-state index in [-0.39, 0.29) is 6.54 Å². The zero-order valence-corrected chi connectivity index (χ0v) is 19.7. The second-order valence-corrected chi connectivity index (χ2v) is 11.0. The minimum atomic E-state index is -2.34. The van der Waals surface area contributed by atoms with Crippen LogP contribution in [0, 0.1) is 0 Å². The number of hydrogen-bond donors (Lipinski definition) is 5. The zero-order chi connectivity index (χ0) is 20.3. The summed E-state index contributed by atoms with van der Waals surface area (Å²) >= 11 is -2.34. The fourth-order valence-corrected chi connectivity index (χ4v) is 9.10. The number of Topliss-reactive ketones (excluding diaryl/α,β-unsaturated/α-hetero) is 2. The first-order valence-corrected chi connectivity index (χ1v) is 12.2. The van der Waals surface area contributed by atoms with E-state index in [1.54, 1.807) is 0 Å². The van der Waals surface area contributed by atoms with Gasteiger partial charge in [0, 0.05) is 13.1 Å². The minimum absolute atomic E-state index is 0.357. The van der Waals surface area contributed by atoms with Crippen LogP contribution in [-0.2, 0) is 44.0 Å². The van der Waals surface area contributed by atoms with Crippen LogP contribution < -0.4 is 26.1 Å². The molecular formula is C14H32CdN6O4+2. The third kappa shape index (κ3) is 5.94. The monoisotopic (exact) mass is 462 g/mol. The topological polar surface area (TPSA) is 189 Å². The van der Waals surface area contributed by atoms with Crippen LogP contribution in [0.15, 0.2) is 0 Å². The molecule has 0 bridgehead atoms. The molecule has 10 nitrogen and oxygen atoms in total. The number of nitrogens with zero attached hydrogens (tertiary/aromatic N) is 1. The number of nitrogens with two attached hydrogens (primary N) is 5. The summed E-state index contributed by atoms with van der Waals surface area (Å²) in [5, 5.41) is 0. The SMILES string of the molecule is CC(=O)C(CN)(C(C)=O)[N+]([Cd][NH2+]CCN)(C(C)=O)C(C)=O.NCCN. The Kier molecular flexibility index (Phi) is 13.5. The van der Waals surface area contributed by atoms with E-state index in [0.717, 1.165) is 0 Å². The molecule has 142 valence electrons. The number of carbonyl (C=O) groups excluding carboxylic acids is 4. The number of hydrogen-bond acceptors (Lipinski definition) is 8. The summed E-state index contributed by atoms with van der Waals surface area (Å²) in [6.45, 7) is 6.68. The van der Waals surface area contributed by atoms with Crippen LogP contribution in [0.1, 0.15) is 27.7 Å². The Bertz CT molecular complexity index is 456. The molecule has 0 aromatic rings. The van der Waals surface area contributed by atoms with Gasteiger partial charge in [0.1, 0.15) is 0 Å². The van der Waals surface area contributed by atoms with Gasteiger partial charge in [-0.2, -0.15) is 0 Å². The van der Waals surface area contributed by atoms with Gasteiger partial charge in [0.25, 0.3) is 0 Å². The molecule has 0 rings (SSSR count). The van der Waals surface area contributed by atoms with Crippen molar-refractivity contribution in [1.29, 1.82) is 0 Å². The van der Waals surface area contributed by atoms with Gasteiger partial charge in [-0.3, -0.25) is 0 Å². The molecule has 0 unspecified atom stereocenters. The van der Waals surface area contributed by atoms with Crippen LogP contribution in [0.3, 0.4) is 0 Å². The molecular weight excluding hydrogens is 429 g/mol. The fourth-order valence-electron chi connectivity index (χ4n) is 2.80. The maximum atomic E-state index is 12.3. The molecule has 0 aliphatic heterocycles. The van der Waals surface area contributed by atoms with Gasteiger partial charge in [0.15, 0.2) is 0 Å². The van der Waals surface area contributed by atoms with Gasteiger partial charge in [-0.25, -0.2) is 0 Å². The molecule has 0 radical (unpaired) electrons. The Morgan fingerprint density at radius 3 is 1.44 bits per heavy atom. The Morgan fingerprint density at radius 1 is 0.840 bits per heavy atom. The summed E-state index contributed by atoms with van der Waals surface area (Å²) in [5.41, 5.74) is 19.2. The smallest absolute Gasteiger partial charge is 0.00461 e. The number of carbonyl (C=O) groups is 4. The van der Waals surface area contributed by atoms with Gasteiger partial charge in [0.05, 0.1) is 0 Å². The van der Waals surface area contributed by atoms with Gasteiger partial charge in [0.2, 0.25) is 0 Å². The van der Waals surface area contributed by atoms with Gasteiger partial charge < -0.3 is 11.5 Å². The summed E-state index contributed by atoms with van der Waals surface area (Å²) in [6.07, 6.45) is 0. The van der Waals surface area contributed by atoms with E-state index in [2.05, 4.69) is 0 Å². The molecule has 0 aromatic carbocycles. The molecule has 10 N–H and O–H groups in total. The molecule has 0 aliphatic carbocycles. The van der Waals surface area contributed by atoms with Crippen molar-refractivity contribution in [2.75, 3.05) is 32.7 Å². The summed E-state index contributed by atoms with van der Waals surface area (Å²) in [7, 11) is 0. The van der Waals surface area contributed by atoms with Crippen LogP contribution in [0.5, 0.6) is 0 Å². The number of imide groups is 1. The van der Waals surface area contributed by atoms with Gasteiger partial charge >= 0.3 is 137 Å². The first-order valence-electron chi connectivity index (χ1n) is 8.11. The van der Waals surface area contributed by atoms with Crippen LogP contribution in [0.4, 0.5) is 0 Å². The molecule has 0 atom stereocenters. The Balaban J connectivity index is 0. The summed E-state index contributed by atoms with van der Waals surface area (Å²) in [6, 6.07) is 0. The van der Waals surface area contributed by atoms with Gasteiger partial charge in [-0.1, -0.05) is 0 Å². The first-order chi connectivity index (χ1) is 11.6. The van der Waals surface area contributed by atoms with Crippen LogP contribution in [0.2, 0.25) is 0 Å². The molecule has 0 spiro atoms. The number of rotatable bonds is 9. The first kappa shape index (κ1) is 26.6. The minimum Gasteiger partial charge on any atom is -0.329 e. The van der Waals surface area contributed by atoms with Crippen molar-refractivity contribution in [3.05, 3.63) is 0 Å². The molecule has 0 heterocycles. The van der Waals surface area contributed by atoms with Crippen molar-refractivity contribution in [3.63, 3.8) is 0 Å². The van der Waals surface area contributed by atoms with Crippen molar-refractivity contribution >= 4 is 23.4 Å². The number of quaternary nitrogens is 2. The predicted molar refractivity (Wildman–Crippen MR) is 88.7 cm³/mol. The van der Waals surface area contributed by atoms with Crippen molar-refractivity contribution in [2.24, 2.45) is 22.9 Å². The largest absolute Gasteiger partial charge is 0.329 e. The maximum Gasteiger partial charge on any atom is 0.00461 e. The quantitative estimate of drug-likeness (QED) is 0.131. The van der Waals surface area contributed by atoms with Crippen molar-refractivity contribution in [1.82, 2.24) is 0 Å². The van der Waals surface area contributed by atoms with E-state index in [9.17, 15) is 19.2 Å². The zero-order valence-electron chi connectivity index (χ0n) is 15.7. The molecule has 25 heavy (non-hydrogen) atoms. The molecule has 0 aromatic heterocycles. The Hall–Kier alpha value is -0.638. The summed E-state index contributed by atoms with van der Waals surface area (Å²) < 4.78 is 1.14. The Labute approximate surface area is 161 Å². The third-order valence-corrected chi connectivity index (χ3v) is 11.7. The molecule has 0 aliphatic rings. The molecule has 2 amide bonds. The normalized spacial score (nSPS) is 11.0. The van der Waals surface area contributed by atoms with Crippen molar-refractivity contribution in [2.45, 2.75) is 33.2 Å². The number of amides is 2. The van der Waals surface area contributed by atoms with Gasteiger partial charge in [-0.15, -0.1) is 0 Å². The molecule has 11 heteroatoms. The van der Waals surface area contributed by atoms with E-state index in [0.29, 0.717) is 26.2 Å². The summed E-state index contributed by atoms with van der Waals surface area (Å²) in [4.78, 5) is 49.0. The average molecular weight is 461 g/mol. The van der Waals surface area contributed by atoms with E-state index in [4.69, 9.17) is 22.9 Å². The van der Waals surface area contributed by atoms with E-state index >= 15 is 0 Å². The summed E-state index contributed by atoms with van der Waals surface area (Å²) in [5.74, 6) is -2.08. The van der Waals surface area contributed by atoms with Crippen molar-refractivity contribution < 1.29 is 49.4 Å². The van der Waals surface area contributed by atoms with E-state index in [1.165, 1.54) is 27.7 Å². The fraction of sp³-hybridized carbons (Fsp3) is 0.714. The second kappa shape index (κ2) is 12.7. The second-order valence-electron chi connectivity index (χ2n) is 5.65.